The second-order valence-electron chi connectivity index (χ2n) is 2.66. The van der Waals surface area contributed by atoms with Crippen LogP contribution in [0.2, 0.25) is 0 Å². The van der Waals surface area contributed by atoms with E-state index in [0.717, 1.165) is 5.55 Å². The monoisotopic (exact) mass is 231 g/mol. The Bertz CT molecular complexity index is 385. The van der Waals surface area contributed by atoms with E-state index >= 15 is 0 Å². The molecule has 5 nitrogen and oxygen atoms in total. The van der Waals surface area contributed by atoms with Crippen LogP contribution in [0.4, 0.5) is 0 Å². The van der Waals surface area contributed by atoms with Crippen molar-refractivity contribution in [3.8, 4) is 0 Å². The molecular weight excluding hydrogens is 226 g/mol. The lowest BCUT2D eigenvalue weighted by atomic mass is 10.2. The minimum Gasteiger partial charge on any atom is -0.415 e. The van der Waals surface area contributed by atoms with Crippen LogP contribution < -0.4 is 0 Å². The number of hydrogen-bond acceptors (Lipinski definition) is 5. The molecule has 2 aliphatic heterocycles. The van der Waals surface area contributed by atoms with Crippen LogP contribution in [0, 0.1) is 0 Å². The molecule has 0 spiro atoms. The van der Waals surface area contributed by atoms with Crippen molar-refractivity contribution in [1.29, 1.82) is 0 Å². The first-order valence-electron chi connectivity index (χ1n) is 3.73. The van der Waals surface area contributed by atoms with Crippen LogP contribution in [0.15, 0.2) is 11.1 Å². The molecule has 0 bridgehead atoms. The highest BCUT2D eigenvalue weighted by atomic mass is 32.2. The van der Waals surface area contributed by atoms with Gasteiger partial charge < -0.3 is 4.74 Å². The summed E-state index contributed by atoms with van der Waals surface area (Å²) in [6.45, 7) is 0. The number of β-lactam (4-membered cyclic amide) rings is 1. The quantitative estimate of drug-likeness (QED) is 0.369. The van der Waals surface area contributed by atoms with E-state index in [4.69, 9.17) is 0 Å². The number of esters is 1. The molecule has 0 aromatic rings. The molecule has 1 amide bonds. The highest BCUT2D eigenvalue weighted by Gasteiger charge is 2.45. The van der Waals surface area contributed by atoms with Crippen LogP contribution in [0.3, 0.4) is 0 Å². The first kappa shape index (κ1) is 9.47. The summed E-state index contributed by atoms with van der Waals surface area (Å²) < 4.78 is 14.4. The first-order chi connectivity index (χ1) is 6.74. The fourth-order valence-electron chi connectivity index (χ4n) is 1.26. The molecule has 1 atom stereocenters. The molecule has 0 unspecified atom stereocenters. The third-order valence-corrected chi connectivity index (χ3v) is 3.13. The topological polar surface area (TPSA) is 63.7 Å². The van der Waals surface area contributed by atoms with Gasteiger partial charge in [-0.05, 0) is 0 Å². The van der Waals surface area contributed by atoms with Gasteiger partial charge in [0, 0.05) is 5.41 Å². The molecule has 0 aliphatic carbocycles. The Morgan fingerprint density at radius 1 is 1.79 bits per heavy atom. The number of ether oxygens (including phenoxy) is 1. The zero-order chi connectivity index (χ0) is 10.1. The minimum atomic E-state index is -0.656. The molecule has 0 radical (unpaired) electrons. The molecule has 2 rings (SSSR count). The summed E-state index contributed by atoms with van der Waals surface area (Å²) in [4.78, 5) is 23.7. The zero-order valence-electron chi connectivity index (χ0n) is 6.84. The Labute approximate surface area is 87.2 Å². The molecular formula is C7H5NO4S2. The molecule has 1 fully saturated rings. The molecule has 2 heterocycles. The molecule has 0 N–H and O–H groups in total. The molecule has 2 aliphatic rings. The van der Waals surface area contributed by atoms with Crippen LogP contribution in [-0.4, -0.2) is 31.9 Å². The lowest BCUT2D eigenvalue weighted by Crippen LogP contribution is -2.48. The van der Waals surface area contributed by atoms with Gasteiger partial charge in [-0.1, -0.05) is 0 Å². The Hall–Kier alpha value is -1.08. The summed E-state index contributed by atoms with van der Waals surface area (Å²) in [6.07, 6.45) is 0.456. The van der Waals surface area contributed by atoms with Crippen LogP contribution >= 0.6 is 11.8 Å². The van der Waals surface area contributed by atoms with Crippen molar-refractivity contribution in [3.63, 3.8) is 0 Å². The van der Waals surface area contributed by atoms with Gasteiger partial charge in [-0.2, -0.15) is 0 Å². The van der Waals surface area contributed by atoms with Crippen LogP contribution in [-0.2, 0) is 25.6 Å². The fourth-order valence-corrected chi connectivity index (χ4v) is 2.47. The van der Waals surface area contributed by atoms with E-state index in [2.05, 4.69) is 4.74 Å². The number of nitrogens with zero attached hydrogens (tertiary/aromatic N) is 1. The standard InChI is InChI=1S/C7H5NO4S2/c9-5-1-6-8(5)4(2-13-6)7(10)12-3-14-11/h2-3,6H,1H2/t6-/m1/s1. The van der Waals surface area contributed by atoms with Gasteiger partial charge in [0.25, 0.3) is 0 Å². The average Bonchev–Trinajstić information content (AvgIpc) is 2.51. The van der Waals surface area contributed by atoms with Gasteiger partial charge in [-0.3, -0.25) is 9.69 Å². The summed E-state index contributed by atoms with van der Waals surface area (Å²) in [5.41, 5.74) is 1.02. The highest BCUT2D eigenvalue weighted by Crippen LogP contribution is 2.40. The maximum atomic E-state index is 11.3. The lowest BCUT2D eigenvalue weighted by molar-refractivity contribution is -0.144. The van der Waals surface area contributed by atoms with Gasteiger partial charge in [0.05, 0.1) is 11.8 Å². The second kappa shape index (κ2) is 3.58. The number of fused-ring (bicyclic) bond motifs is 1. The Morgan fingerprint density at radius 3 is 3.21 bits per heavy atom. The number of amides is 1. The van der Waals surface area contributed by atoms with Crippen LogP contribution in [0.1, 0.15) is 6.42 Å². The normalized spacial score (nSPS) is 23.4. The van der Waals surface area contributed by atoms with Crippen LogP contribution in [0.25, 0.3) is 0 Å². The van der Waals surface area contributed by atoms with Gasteiger partial charge in [-0.15, -0.1) is 11.8 Å². The van der Waals surface area contributed by atoms with E-state index in [0.29, 0.717) is 6.42 Å². The Morgan fingerprint density at radius 2 is 2.57 bits per heavy atom. The van der Waals surface area contributed by atoms with Gasteiger partial charge in [0.2, 0.25) is 5.91 Å². The van der Waals surface area contributed by atoms with E-state index in [1.54, 1.807) is 5.41 Å². The summed E-state index contributed by atoms with van der Waals surface area (Å²) in [7, 11) is 0. The summed E-state index contributed by atoms with van der Waals surface area (Å²) in [6, 6.07) is 0. The van der Waals surface area contributed by atoms with Crippen molar-refractivity contribution in [2.75, 3.05) is 0 Å². The smallest absolute Gasteiger partial charge is 0.361 e. The number of carbonyl (C=O) groups is 2. The molecule has 0 saturated carbocycles. The molecule has 0 aromatic heterocycles. The van der Waals surface area contributed by atoms with Crippen molar-refractivity contribution in [2.45, 2.75) is 11.8 Å². The molecule has 14 heavy (non-hydrogen) atoms. The van der Waals surface area contributed by atoms with Crippen molar-refractivity contribution in [2.24, 2.45) is 0 Å². The van der Waals surface area contributed by atoms with Gasteiger partial charge in [-0.25, -0.2) is 9.00 Å². The predicted molar refractivity (Wildman–Crippen MR) is 51.2 cm³/mol. The predicted octanol–water partition coefficient (Wildman–Crippen LogP) is -0.351. The van der Waals surface area contributed by atoms with E-state index in [-0.39, 0.29) is 28.2 Å². The van der Waals surface area contributed by atoms with E-state index in [1.807, 2.05) is 0 Å². The largest absolute Gasteiger partial charge is 0.415 e. The van der Waals surface area contributed by atoms with Crippen LogP contribution in [0.5, 0.6) is 0 Å². The Balaban J connectivity index is 2.08. The molecule has 74 valence electrons. The van der Waals surface area contributed by atoms with Crippen molar-refractivity contribution in [3.05, 3.63) is 11.1 Å². The third kappa shape index (κ3) is 1.38. The second-order valence-corrected chi connectivity index (χ2v) is 4.10. The lowest BCUT2D eigenvalue weighted by Gasteiger charge is -2.34. The van der Waals surface area contributed by atoms with E-state index in [9.17, 15) is 13.8 Å². The van der Waals surface area contributed by atoms with E-state index < -0.39 is 5.97 Å². The van der Waals surface area contributed by atoms with Gasteiger partial charge >= 0.3 is 5.97 Å². The maximum Gasteiger partial charge on any atom is 0.361 e. The molecule has 1 saturated heterocycles. The van der Waals surface area contributed by atoms with Gasteiger partial charge in [0.1, 0.15) is 17.0 Å². The van der Waals surface area contributed by atoms with Crippen molar-refractivity contribution < 1.29 is 18.5 Å². The number of hydrogen-bond donors (Lipinski definition) is 0. The SMILES string of the molecule is O=S=COC(=O)C1=CS[C@@H]2CC(=O)N12. The number of carbonyl (C=O) groups excluding carboxylic acids is 2. The summed E-state index contributed by atoms with van der Waals surface area (Å²) >= 11 is 1.46. The zero-order valence-corrected chi connectivity index (χ0v) is 8.47. The minimum absolute atomic E-state index is 0.0463. The van der Waals surface area contributed by atoms with Crippen molar-refractivity contribution in [1.82, 2.24) is 4.90 Å². The Kier molecular flexibility index (Phi) is 2.42. The number of thioether (sulfide) groups is 1. The molecule has 0 aromatic carbocycles. The van der Waals surface area contributed by atoms with Gasteiger partial charge in [0.15, 0.2) is 5.55 Å². The highest BCUT2D eigenvalue weighted by molar-refractivity contribution is 8.03. The van der Waals surface area contributed by atoms with E-state index in [1.165, 1.54) is 16.7 Å². The summed E-state index contributed by atoms with van der Waals surface area (Å²) in [5, 5.41) is 1.63. The number of rotatable bonds is 2. The fraction of sp³-hybridized carbons (Fsp3) is 0.286. The third-order valence-electron chi connectivity index (χ3n) is 1.91. The maximum absolute atomic E-state index is 11.3. The average molecular weight is 231 g/mol. The molecule has 7 heteroatoms. The summed E-state index contributed by atoms with van der Waals surface area (Å²) in [5.74, 6) is -0.741. The van der Waals surface area contributed by atoms with Crippen molar-refractivity contribution >= 4 is 40.4 Å². The first-order valence-corrected chi connectivity index (χ1v) is 5.48.